The first-order valence-electron chi connectivity index (χ1n) is 6.97. The predicted molar refractivity (Wildman–Crippen MR) is 72.8 cm³/mol. The van der Waals surface area contributed by atoms with Crippen LogP contribution in [0.5, 0.6) is 5.75 Å². The third-order valence-corrected chi connectivity index (χ3v) is 3.99. The van der Waals surface area contributed by atoms with Crippen molar-refractivity contribution in [2.45, 2.75) is 37.3 Å². The van der Waals surface area contributed by atoms with E-state index in [-0.39, 0.29) is 12.0 Å². The number of nitrogens with zero attached hydrogens (tertiary/aromatic N) is 1. The van der Waals surface area contributed by atoms with E-state index in [1.54, 1.807) is 0 Å². The Morgan fingerprint density at radius 3 is 2.42 bits per heavy atom. The molecule has 0 spiro atoms. The summed E-state index contributed by atoms with van der Waals surface area (Å²) in [4.78, 5) is 14.0. The topological polar surface area (TPSA) is 55.6 Å². The van der Waals surface area contributed by atoms with Crippen LogP contribution in [0.2, 0.25) is 0 Å². The van der Waals surface area contributed by atoms with Crippen molar-refractivity contribution in [1.82, 2.24) is 4.90 Å². The van der Waals surface area contributed by atoms with Crippen molar-refractivity contribution >= 4 is 5.91 Å². The first-order chi connectivity index (χ1) is 9.17. The molecule has 0 bridgehead atoms. The number of benzene rings is 1. The normalized spacial score (nSPS) is 22.1. The van der Waals surface area contributed by atoms with Gasteiger partial charge in [0, 0.05) is 25.9 Å². The molecular formula is C15H20N2O2. The highest BCUT2D eigenvalue weighted by Crippen LogP contribution is 2.35. The average Bonchev–Trinajstić information content (AvgIpc) is 3.19. The number of hydrogen-bond donors (Lipinski definition) is 1. The van der Waals surface area contributed by atoms with E-state index in [9.17, 15) is 4.79 Å². The molecule has 4 heteroatoms. The smallest absolute Gasteiger partial charge is 0.242 e. The van der Waals surface area contributed by atoms with Crippen LogP contribution in [0.3, 0.4) is 0 Å². The quantitative estimate of drug-likeness (QED) is 0.897. The van der Waals surface area contributed by atoms with E-state index in [2.05, 4.69) is 0 Å². The maximum absolute atomic E-state index is 12.1. The van der Waals surface area contributed by atoms with Gasteiger partial charge in [0.25, 0.3) is 0 Å². The predicted octanol–water partition coefficient (Wildman–Crippen LogP) is 1.55. The lowest BCUT2D eigenvalue weighted by Gasteiger charge is -2.33. The van der Waals surface area contributed by atoms with Crippen molar-refractivity contribution in [3.05, 3.63) is 30.3 Å². The number of nitrogens with two attached hydrogens (primary N) is 1. The summed E-state index contributed by atoms with van der Waals surface area (Å²) in [6, 6.07) is 9.86. The zero-order chi connectivity index (χ0) is 13.3. The minimum absolute atomic E-state index is 0.130. The van der Waals surface area contributed by atoms with Crippen molar-refractivity contribution in [1.29, 1.82) is 0 Å². The van der Waals surface area contributed by atoms with E-state index in [0.29, 0.717) is 0 Å². The van der Waals surface area contributed by atoms with Gasteiger partial charge in [-0.3, -0.25) is 4.79 Å². The molecule has 1 aliphatic carbocycles. The van der Waals surface area contributed by atoms with Crippen LogP contribution in [-0.2, 0) is 4.79 Å². The summed E-state index contributed by atoms with van der Waals surface area (Å²) in [7, 11) is 0. The number of ether oxygens (including phenoxy) is 1. The van der Waals surface area contributed by atoms with Crippen molar-refractivity contribution in [2.24, 2.45) is 5.73 Å². The van der Waals surface area contributed by atoms with Crippen LogP contribution < -0.4 is 10.5 Å². The second-order valence-electron chi connectivity index (χ2n) is 5.58. The summed E-state index contributed by atoms with van der Waals surface area (Å²) in [5.74, 6) is 1.04. The van der Waals surface area contributed by atoms with Crippen molar-refractivity contribution in [2.75, 3.05) is 13.1 Å². The molecule has 0 unspecified atom stereocenters. The minimum Gasteiger partial charge on any atom is -0.490 e. The number of carbonyl (C=O) groups excluding carboxylic acids is 1. The summed E-state index contributed by atoms with van der Waals surface area (Å²) in [5, 5.41) is 0. The van der Waals surface area contributed by atoms with Crippen LogP contribution in [0.15, 0.2) is 30.3 Å². The van der Waals surface area contributed by atoms with E-state index < -0.39 is 5.54 Å². The first-order valence-corrected chi connectivity index (χ1v) is 6.97. The van der Waals surface area contributed by atoms with Gasteiger partial charge in [-0.25, -0.2) is 0 Å². The largest absolute Gasteiger partial charge is 0.490 e. The molecule has 1 aromatic rings. The molecule has 2 aliphatic rings. The highest BCUT2D eigenvalue weighted by molar-refractivity contribution is 5.89. The van der Waals surface area contributed by atoms with Gasteiger partial charge in [0.05, 0.1) is 5.54 Å². The fourth-order valence-electron chi connectivity index (χ4n) is 2.53. The molecular weight excluding hydrogens is 240 g/mol. The number of hydrogen-bond acceptors (Lipinski definition) is 3. The molecule has 1 aromatic carbocycles. The van der Waals surface area contributed by atoms with E-state index in [0.717, 1.165) is 44.5 Å². The SMILES string of the molecule is NC1(C(=O)N2CCC(Oc3ccccc3)CC2)CC1. The number of piperidine rings is 1. The summed E-state index contributed by atoms with van der Waals surface area (Å²) in [6.45, 7) is 1.52. The molecule has 0 aromatic heterocycles. The fourth-order valence-corrected chi connectivity index (χ4v) is 2.53. The van der Waals surface area contributed by atoms with E-state index in [1.165, 1.54) is 0 Å². The van der Waals surface area contributed by atoms with Gasteiger partial charge in [-0.2, -0.15) is 0 Å². The van der Waals surface area contributed by atoms with Crippen LogP contribution in [0.1, 0.15) is 25.7 Å². The number of para-hydroxylation sites is 1. The summed E-state index contributed by atoms with van der Waals surface area (Å²) in [5.41, 5.74) is 5.42. The Balaban J connectivity index is 1.51. The number of likely N-dealkylation sites (tertiary alicyclic amines) is 1. The lowest BCUT2D eigenvalue weighted by atomic mass is 10.1. The standard InChI is InChI=1S/C15H20N2O2/c16-15(8-9-15)14(18)17-10-6-13(7-11-17)19-12-4-2-1-3-5-12/h1-5,13H,6-11,16H2. The van der Waals surface area contributed by atoms with Crippen LogP contribution >= 0.6 is 0 Å². The Labute approximate surface area is 113 Å². The minimum atomic E-state index is -0.535. The molecule has 0 radical (unpaired) electrons. The second-order valence-corrected chi connectivity index (χ2v) is 5.58. The molecule has 1 saturated heterocycles. The summed E-state index contributed by atoms with van der Waals surface area (Å²) in [6.07, 6.45) is 3.66. The van der Waals surface area contributed by atoms with Gasteiger partial charge in [-0.1, -0.05) is 18.2 Å². The van der Waals surface area contributed by atoms with Gasteiger partial charge in [0.15, 0.2) is 0 Å². The molecule has 2 fully saturated rings. The Kier molecular flexibility index (Phi) is 3.19. The Morgan fingerprint density at radius 1 is 1.21 bits per heavy atom. The Bertz CT molecular complexity index is 448. The molecule has 2 N–H and O–H groups in total. The van der Waals surface area contributed by atoms with Gasteiger partial charge in [0.2, 0.25) is 5.91 Å². The molecule has 1 amide bonds. The highest BCUT2D eigenvalue weighted by Gasteiger charge is 2.48. The Hall–Kier alpha value is -1.55. The van der Waals surface area contributed by atoms with Crippen molar-refractivity contribution in [3.8, 4) is 5.75 Å². The first kappa shape index (κ1) is 12.5. The van der Waals surface area contributed by atoms with Crippen LogP contribution in [0, 0.1) is 0 Å². The Morgan fingerprint density at radius 2 is 1.84 bits per heavy atom. The zero-order valence-corrected chi connectivity index (χ0v) is 11.0. The molecule has 19 heavy (non-hydrogen) atoms. The number of amides is 1. The summed E-state index contributed by atoms with van der Waals surface area (Å²) >= 11 is 0. The molecule has 1 aliphatic heterocycles. The van der Waals surface area contributed by atoms with Gasteiger partial charge in [-0.05, 0) is 25.0 Å². The third kappa shape index (κ3) is 2.73. The fraction of sp³-hybridized carbons (Fsp3) is 0.533. The maximum atomic E-state index is 12.1. The van der Waals surface area contributed by atoms with Gasteiger partial charge in [-0.15, -0.1) is 0 Å². The number of carbonyl (C=O) groups is 1. The molecule has 1 heterocycles. The van der Waals surface area contributed by atoms with Gasteiger partial charge >= 0.3 is 0 Å². The summed E-state index contributed by atoms with van der Waals surface area (Å²) < 4.78 is 5.92. The highest BCUT2D eigenvalue weighted by atomic mass is 16.5. The van der Waals surface area contributed by atoms with E-state index >= 15 is 0 Å². The van der Waals surface area contributed by atoms with Crippen LogP contribution in [-0.4, -0.2) is 35.5 Å². The van der Waals surface area contributed by atoms with E-state index in [4.69, 9.17) is 10.5 Å². The number of rotatable bonds is 3. The zero-order valence-electron chi connectivity index (χ0n) is 11.0. The van der Waals surface area contributed by atoms with Gasteiger partial charge < -0.3 is 15.4 Å². The molecule has 102 valence electrons. The maximum Gasteiger partial charge on any atom is 0.242 e. The van der Waals surface area contributed by atoms with Crippen LogP contribution in [0.4, 0.5) is 0 Å². The van der Waals surface area contributed by atoms with Gasteiger partial charge in [0.1, 0.15) is 11.9 Å². The lowest BCUT2D eigenvalue weighted by Crippen LogP contribution is -2.50. The van der Waals surface area contributed by atoms with Crippen molar-refractivity contribution < 1.29 is 9.53 Å². The monoisotopic (exact) mass is 260 g/mol. The molecule has 3 rings (SSSR count). The van der Waals surface area contributed by atoms with Crippen LogP contribution in [0.25, 0.3) is 0 Å². The molecule has 4 nitrogen and oxygen atoms in total. The second kappa shape index (κ2) is 4.85. The van der Waals surface area contributed by atoms with E-state index in [1.807, 2.05) is 35.2 Å². The lowest BCUT2D eigenvalue weighted by molar-refractivity contribution is -0.135. The molecule has 1 saturated carbocycles. The third-order valence-electron chi connectivity index (χ3n) is 3.99. The van der Waals surface area contributed by atoms with Crippen molar-refractivity contribution in [3.63, 3.8) is 0 Å². The average molecular weight is 260 g/mol. The molecule has 0 atom stereocenters.